The highest BCUT2D eigenvalue weighted by atomic mass is 16.1. The minimum absolute atomic E-state index is 0.220. The summed E-state index contributed by atoms with van der Waals surface area (Å²) < 4.78 is 1.72. The van der Waals surface area contributed by atoms with Gasteiger partial charge in [0.15, 0.2) is 5.65 Å². The quantitative estimate of drug-likeness (QED) is 0.610. The third kappa shape index (κ3) is 2.59. The van der Waals surface area contributed by atoms with Crippen molar-refractivity contribution >= 4 is 11.6 Å². The molecule has 0 saturated heterocycles. The Labute approximate surface area is 156 Å². The lowest BCUT2D eigenvalue weighted by Gasteiger charge is -2.07. The highest BCUT2D eigenvalue weighted by molar-refractivity contribution is 5.91. The zero-order valence-corrected chi connectivity index (χ0v) is 14.7. The minimum atomic E-state index is -0.552. The van der Waals surface area contributed by atoms with Crippen molar-refractivity contribution < 1.29 is 4.79 Å². The highest BCUT2D eigenvalue weighted by Crippen LogP contribution is 2.34. The summed E-state index contributed by atoms with van der Waals surface area (Å²) in [6.45, 7) is 0. The summed E-state index contributed by atoms with van der Waals surface area (Å²) in [5, 5.41) is 4.45. The van der Waals surface area contributed by atoms with E-state index in [1.54, 1.807) is 16.6 Å². The van der Waals surface area contributed by atoms with Gasteiger partial charge < -0.3 is 5.73 Å². The summed E-state index contributed by atoms with van der Waals surface area (Å²) in [6, 6.07) is 20.0. The Kier molecular flexibility index (Phi) is 3.53. The van der Waals surface area contributed by atoms with Gasteiger partial charge in [-0.3, -0.25) is 4.79 Å². The molecule has 0 spiro atoms. The first-order valence-electron chi connectivity index (χ1n) is 9.08. The minimum Gasteiger partial charge on any atom is -0.364 e. The second kappa shape index (κ2) is 6.06. The summed E-state index contributed by atoms with van der Waals surface area (Å²) in [5.74, 6) is -0.552. The second-order valence-corrected chi connectivity index (χ2v) is 6.86. The van der Waals surface area contributed by atoms with Gasteiger partial charge in [0.1, 0.15) is 11.4 Å². The number of imidazole rings is 1. The molecule has 0 radical (unpaired) electrons. The van der Waals surface area contributed by atoms with Crippen molar-refractivity contribution in [3.63, 3.8) is 0 Å². The fourth-order valence-corrected chi connectivity index (χ4v) is 3.84. The standard InChI is InChI=1S/C22H18N4O/c23-22(27)18-11-12-19-24-20(17-10-9-14-7-4-8-16(14)13-17)21(26(19)25-18)15-5-2-1-3-6-15/h1-3,5-6,9-13H,4,7-8H2,(H2,23,27). The topological polar surface area (TPSA) is 73.3 Å². The maximum absolute atomic E-state index is 11.6. The van der Waals surface area contributed by atoms with Gasteiger partial charge in [0.2, 0.25) is 0 Å². The van der Waals surface area contributed by atoms with Gasteiger partial charge in [0, 0.05) is 11.1 Å². The van der Waals surface area contributed by atoms with Crippen LogP contribution in [0.4, 0.5) is 0 Å². The Bertz CT molecular complexity index is 1180. The fourth-order valence-electron chi connectivity index (χ4n) is 3.84. The lowest BCUT2D eigenvalue weighted by Crippen LogP contribution is -2.14. The van der Waals surface area contributed by atoms with E-state index in [9.17, 15) is 4.79 Å². The van der Waals surface area contributed by atoms with Crippen molar-refractivity contribution in [2.75, 3.05) is 0 Å². The van der Waals surface area contributed by atoms with Gasteiger partial charge in [-0.2, -0.15) is 5.10 Å². The molecule has 5 rings (SSSR count). The number of aromatic nitrogens is 3. The van der Waals surface area contributed by atoms with Gasteiger partial charge in [0.05, 0.1) is 5.69 Å². The predicted octanol–water partition coefficient (Wildman–Crippen LogP) is 3.65. The SMILES string of the molecule is NC(=O)c1ccc2nc(-c3ccc4c(c3)CCC4)c(-c3ccccc3)n2n1. The Morgan fingerprint density at radius 3 is 2.56 bits per heavy atom. The van der Waals surface area contributed by atoms with Crippen molar-refractivity contribution in [1.82, 2.24) is 14.6 Å². The number of primary amides is 1. The molecule has 0 unspecified atom stereocenters. The number of nitrogens with two attached hydrogens (primary N) is 1. The average Bonchev–Trinajstić information content (AvgIpc) is 3.31. The van der Waals surface area contributed by atoms with E-state index in [-0.39, 0.29) is 5.69 Å². The van der Waals surface area contributed by atoms with Crippen molar-refractivity contribution in [3.05, 3.63) is 77.5 Å². The van der Waals surface area contributed by atoms with Crippen LogP contribution >= 0.6 is 0 Å². The normalized spacial score (nSPS) is 13.0. The lowest BCUT2D eigenvalue weighted by molar-refractivity contribution is 0.0994. The predicted molar refractivity (Wildman–Crippen MR) is 104 cm³/mol. The smallest absolute Gasteiger partial charge is 0.269 e. The molecule has 132 valence electrons. The number of nitrogens with zero attached hydrogens (tertiary/aromatic N) is 3. The van der Waals surface area contributed by atoms with E-state index in [0.717, 1.165) is 35.4 Å². The molecule has 1 aliphatic carbocycles. The molecule has 0 bridgehead atoms. The number of carbonyl (C=O) groups excluding carboxylic acids is 1. The van der Waals surface area contributed by atoms with Crippen LogP contribution in [-0.4, -0.2) is 20.5 Å². The molecule has 27 heavy (non-hydrogen) atoms. The third-order valence-electron chi connectivity index (χ3n) is 5.15. The molecule has 0 saturated carbocycles. The van der Waals surface area contributed by atoms with Gasteiger partial charge >= 0.3 is 0 Å². The Hall–Kier alpha value is -3.47. The lowest BCUT2D eigenvalue weighted by atomic mass is 10.0. The Morgan fingerprint density at radius 1 is 0.926 bits per heavy atom. The van der Waals surface area contributed by atoms with Crippen molar-refractivity contribution in [2.24, 2.45) is 5.73 Å². The van der Waals surface area contributed by atoms with E-state index in [0.29, 0.717) is 5.65 Å². The summed E-state index contributed by atoms with van der Waals surface area (Å²) in [4.78, 5) is 16.5. The number of hydrogen-bond acceptors (Lipinski definition) is 3. The first kappa shape index (κ1) is 15.8. The number of amides is 1. The number of carbonyl (C=O) groups is 1. The number of benzene rings is 2. The molecule has 5 nitrogen and oxygen atoms in total. The molecule has 0 fully saturated rings. The van der Waals surface area contributed by atoms with E-state index in [1.165, 1.54) is 17.5 Å². The molecule has 2 aromatic heterocycles. The van der Waals surface area contributed by atoms with E-state index in [2.05, 4.69) is 23.3 Å². The third-order valence-corrected chi connectivity index (χ3v) is 5.15. The van der Waals surface area contributed by atoms with Crippen LogP contribution in [0.5, 0.6) is 0 Å². The highest BCUT2D eigenvalue weighted by Gasteiger charge is 2.20. The first-order valence-corrected chi connectivity index (χ1v) is 9.08. The first-order chi connectivity index (χ1) is 13.2. The summed E-state index contributed by atoms with van der Waals surface area (Å²) in [7, 11) is 0. The van der Waals surface area contributed by atoms with Crippen LogP contribution in [0.15, 0.2) is 60.7 Å². The molecule has 2 aromatic carbocycles. The van der Waals surface area contributed by atoms with E-state index in [1.807, 2.05) is 30.3 Å². The molecule has 1 aliphatic rings. The van der Waals surface area contributed by atoms with Gasteiger partial charge in [-0.25, -0.2) is 9.50 Å². The molecular weight excluding hydrogens is 336 g/mol. The van der Waals surface area contributed by atoms with Crippen molar-refractivity contribution in [3.8, 4) is 22.5 Å². The number of rotatable bonds is 3. The van der Waals surface area contributed by atoms with Crippen LogP contribution in [0.3, 0.4) is 0 Å². The van der Waals surface area contributed by atoms with Crippen LogP contribution in [0.25, 0.3) is 28.2 Å². The van der Waals surface area contributed by atoms with Crippen molar-refractivity contribution in [2.45, 2.75) is 19.3 Å². The molecule has 5 heteroatoms. The van der Waals surface area contributed by atoms with Crippen LogP contribution in [0.1, 0.15) is 28.0 Å². The molecule has 1 amide bonds. The molecule has 0 aliphatic heterocycles. The van der Waals surface area contributed by atoms with E-state index >= 15 is 0 Å². The summed E-state index contributed by atoms with van der Waals surface area (Å²) in [6.07, 6.45) is 3.47. The van der Waals surface area contributed by atoms with Crippen LogP contribution in [0.2, 0.25) is 0 Å². The van der Waals surface area contributed by atoms with Crippen LogP contribution < -0.4 is 5.73 Å². The van der Waals surface area contributed by atoms with E-state index < -0.39 is 5.91 Å². The van der Waals surface area contributed by atoms with Gasteiger partial charge in [-0.15, -0.1) is 0 Å². The molecule has 4 aromatic rings. The Balaban J connectivity index is 1.80. The van der Waals surface area contributed by atoms with E-state index in [4.69, 9.17) is 10.7 Å². The molecular formula is C22H18N4O. The summed E-state index contributed by atoms with van der Waals surface area (Å²) in [5.41, 5.74) is 13.0. The largest absolute Gasteiger partial charge is 0.364 e. The maximum atomic E-state index is 11.6. The molecule has 0 atom stereocenters. The zero-order valence-electron chi connectivity index (χ0n) is 14.7. The monoisotopic (exact) mass is 354 g/mol. The zero-order chi connectivity index (χ0) is 18.4. The Morgan fingerprint density at radius 2 is 1.74 bits per heavy atom. The number of fused-ring (bicyclic) bond motifs is 2. The van der Waals surface area contributed by atoms with Gasteiger partial charge in [-0.1, -0.05) is 42.5 Å². The number of aryl methyl sites for hydroxylation is 2. The van der Waals surface area contributed by atoms with Gasteiger partial charge in [-0.05, 0) is 48.6 Å². The maximum Gasteiger partial charge on any atom is 0.269 e. The van der Waals surface area contributed by atoms with Crippen molar-refractivity contribution in [1.29, 1.82) is 0 Å². The van der Waals surface area contributed by atoms with Gasteiger partial charge in [0.25, 0.3) is 5.91 Å². The van der Waals surface area contributed by atoms with Crippen LogP contribution in [-0.2, 0) is 12.8 Å². The second-order valence-electron chi connectivity index (χ2n) is 6.86. The number of hydrogen-bond donors (Lipinski definition) is 1. The van der Waals surface area contributed by atoms with Crippen LogP contribution in [0, 0.1) is 0 Å². The average molecular weight is 354 g/mol. The molecule has 2 heterocycles. The molecule has 2 N–H and O–H groups in total. The fraction of sp³-hybridized carbons (Fsp3) is 0.136. The summed E-state index contributed by atoms with van der Waals surface area (Å²) >= 11 is 0.